The van der Waals surface area contributed by atoms with Gasteiger partial charge in [0, 0.05) is 60.3 Å². The summed E-state index contributed by atoms with van der Waals surface area (Å²) < 4.78 is 36.4. The third-order valence-corrected chi connectivity index (χ3v) is 11.2. The molecule has 0 spiro atoms. The number of nitrogens with one attached hydrogen (secondary N) is 1. The Morgan fingerprint density at radius 1 is 1.06 bits per heavy atom. The predicted octanol–water partition coefficient (Wildman–Crippen LogP) is 6.93. The number of allylic oxidation sites excluding steroid dienone is 3. The summed E-state index contributed by atoms with van der Waals surface area (Å²) in [6.45, 7) is 13.9. The molecule has 1 aliphatic carbocycles. The standard InChI is InChI=1S/C36H48Cl3N5O5S/c1-7-49-31-23-30(39)32(50(47,48)41-35(2,3)4)22-29(31)33(40-36(5,6)26-10-14-28(38)15-11-26)44(24-25-8-12-27(37)13-9-25)34(46)43-18-16-42(17-19-43)20-21-45/h8-10,12-15,22-23,26,41,45H,7,11,16-21,24H2,1-6H3. The predicted molar refractivity (Wildman–Crippen MR) is 202 cm³/mol. The molecule has 2 aromatic rings. The average molecular weight is 769 g/mol. The zero-order chi connectivity index (χ0) is 36.9. The number of amides is 2. The molecule has 1 saturated heterocycles. The number of nitrogens with zero attached hydrogens (tertiary/aromatic N) is 4. The molecule has 14 heteroatoms. The number of rotatable bonds is 11. The van der Waals surface area contributed by atoms with Crippen LogP contribution in [0, 0.1) is 5.92 Å². The normalized spacial score (nSPS) is 17.9. The van der Waals surface area contributed by atoms with Crippen LogP contribution in [0.1, 0.15) is 59.1 Å². The Morgan fingerprint density at radius 3 is 2.28 bits per heavy atom. The van der Waals surface area contributed by atoms with Crippen LogP contribution in [0.25, 0.3) is 0 Å². The third-order valence-electron chi connectivity index (χ3n) is 8.46. The van der Waals surface area contributed by atoms with E-state index in [9.17, 15) is 18.3 Å². The molecule has 1 unspecified atom stereocenters. The molecule has 0 radical (unpaired) electrons. The summed E-state index contributed by atoms with van der Waals surface area (Å²) in [5, 5.41) is 10.6. The summed E-state index contributed by atoms with van der Waals surface area (Å²) in [5.41, 5.74) is -0.511. The first-order valence-electron chi connectivity index (χ1n) is 16.7. The van der Waals surface area contributed by atoms with Crippen LogP contribution >= 0.6 is 34.8 Å². The van der Waals surface area contributed by atoms with Crippen molar-refractivity contribution in [1.29, 1.82) is 0 Å². The Bertz CT molecular complexity index is 1710. The van der Waals surface area contributed by atoms with Crippen molar-refractivity contribution in [2.45, 2.75) is 70.5 Å². The molecular weight excluding hydrogens is 721 g/mol. The van der Waals surface area contributed by atoms with Crippen LogP contribution < -0.4 is 9.46 Å². The molecule has 2 aliphatic rings. The number of aliphatic hydroxyl groups is 1. The number of amidine groups is 1. The second-order valence-corrected chi connectivity index (χ2v) is 16.9. The lowest BCUT2D eigenvalue weighted by Gasteiger charge is -2.39. The molecule has 10 nitrogen and oxygen atoms in total. The number of carbonyl (C=O) groups is 1. The fourth-order valence-corrected chi connectivity index (χ4v) is 8.12. The summed E-state index contributed by atoms with van der Waals surface area (Å²) in [4.78, 5) is 25.4. The monoisotopic (exact) mass is 767 g/mol. The topological polar surface area (TPSA) is 115 Å². The van der Waals surface area contributed by atoms with Crippen molar-refractivity contribution in [3.8, 4) is 5.75 Å². The van der Waals surface area contributed by atoms with E-state index in [0.29, 0.717) is 54.8 Å². The van der Waals surface area contributed by atoms with Crippen molar-refractivity contribution >= 4 is 56.7 Å². The summed E-state index contributed by atoms with van der Waals surface area (Å²) in [5.74, 6) is 0.419. The fourth-order valence-electron chi connectivity index (χ4n) is 5.87. The maximum atomic E-state index is 14.8. The number of benzene rings is 2. The summed E-state index contributed by atoms with van der Waals surface area (Å²) in [6.07, 6.45) is 6.39. The van der Waals surface area contributed by atoms with E-state index in [1.165, 1.54) is 12.1 Å². The summed E-state index contributed by atoms with van der Waals surface area (Å²) >= 11 is 19.2. The molecular formula is C36H48Cl3N5O5S. The van der Waals surface area contributed by atoms with Gasteiger partial charge in [-0.1, -0.05) is 59.1 Å². The first kappa shape index (κ1) is 40.1. The smallest absolute Gasteiger partial charge is 0.326 e. The van der Waals surface area contributed by atoms with Gasteiger partial charge in [-0.3, -0.25) is 14.8 Å². The van der Waals surface area contributed by atoms with E-state index >= 15 is 0 Å². The highest BCUT2D eigenvalue weighted by molar-refractivity contribution is 7.89. The van der Waals surface area contributed by atoms with Gasteiger partial charge < -0.3 is 14.7 Å². The van der Waals surface area contributed by atoms with Crippen molar-refractivity contribution in [3.63, 3.8) is 0 Å². The first-order chi connectivity index (χ1) is 23.4. The molecule has 1 heterocycles. The van der Waals surface area contributed by atoms with Gasteiger partial charge in [-0.05, 0) is 77.8 Å². The minimum atomic E-state index is -4.13. The molecule has 274 valence electrons. The van der Waals surface area contributed by atoms with Crippen molar-refractivity contribution < 1.29 is 23.1 Å². The number of hydrogen-bond donors (Lipinski definition) is 2. The molecule has 0 aromatic heterocycles. The van der Waals surface area contributed by atoms with E-state index in [2.05, 4.69) is 9.62 Å². The van der Waals surface area contributed by atoms with E-state index in [1.807, 2.05) is 51.1 Å². The molecule has 2 aromatic carbocycles. The number of piperazine rings is 1. The van der Waals surface area contributed by atoms with E-state index in [4.69, 9.17) is 44.5 Å². The zero-order valence-electron chi connectivity index (χ0n) is 29.5. The van der Waals surface area contributed by atoms with Gasteiger partial charge in [0.15, 0.2) is 0 Å². The number of aliphatic hydroxyl groups excluding tert-OH is 1. The SMILES string of the molecule is CCOc1cc(Cl)c(S(=O)(=O)NC(C)(C)C)cc1C(=NC(C)(C)C1C=CC(Cl)=CC1)N(Cc1ccc(Cl)cc1)C(=O)N1CCN(CCO)CC1. The quantitative estimate of drug-likeness (QED) is 0.190. The lowest BCUT2D eigenvalue weighted by Crippen LogP contribution is -2.54. The lowest BCUT2D eigenvalue weighted by atomic mass is 9.83. The largest absolute Gasteiger partial charge is 0.493 e. The third kappa shape index (κ3) is 10.5. The van der Waals surface area contributed by atoms with Gasteiger partial charge in [0.05, 0.1) is 35.9 Å². The van der Waals surface area contributed by atoms with Crippen LogP contribution in [0.3, 0.4) is 0 Å². The minimum absolute atomic E-state index is 0.0295. The lowest BCUT2D eigenvalue weighted by molar-refractivity contribution is 0.111. The van der Waals surface area contributed by atoms with Gasteiger partial charge in [0.2, 0.25) is 10.0 Å². The Morgan fingerprint density at radius 2 is 1.72 bits per heavy atom. The highest BCUT2D eigenvalue weighted by Gasteiger charge is 2.36. The molecule has 2 amide bonds. The maximum absolute atomic E-state index is 14.8. The maximum Gasteiger partial charge on any atom is 0.326 e. The zero-order valence-corrected chi connectivity index (χ0v) is 32.6. The second-order valence-electron chi connectivity index (χ2n) is 14.0. The number of ether oxygens (including phenoxy) is 1. The van der Waals surface area contributed by atoms with Gasteiger partial charge >= 0.3 is 6.03 Å². The minimum Gasteiger partial charge on any atom is -0.493 e. The van der Waals surface area contributed by atoms with Gasteiger partial charge in [0.1, 0.15) is 16.5 Å². The number of carbonyl (C=O) groups excluding carboxylic acids is 1. The number of hydrogen-bond acceptors (Lipinski definition) is 7. The molecule has 0 saturated carbocycles. The number of aliphatic imine (C=N–C) groups is 1. The average Bonchev–Trinajstić information content (AvgIpc) is 3.03. The van der Waals surface area contributed by atoms with Crippen molar-refractivity contribution in [2.24, 2.45) is 10.9 Å². The van der Waals surface area contributed by atoms with Gasteiger partial charge in [-0.25, -0.2) is 17.9 Å². The van der Waals surface area contributed by atoms with Crippen LogP contribution in [0.2, 0.25) is 10.0 Å². The van der Waals surface area contributed by atoms with E-state index < -0.39 is 21.1 Å². The number of urea groups is 1. The Balaban J connectivity index is 1.98. The molecule has 2 N–H and O–H groups in total. The number of sulfonamides is 1. The Labute approximate surface area is 311 Å². The van der Waals surface area contributed by atoms with Gasteiger partial charge in [-0.2, -0.15) is 0 Å². The van der Waals surface area contributed by atoms with Gasteiger partial charge in [-0.15, -0.1) is 0 Å². The fraction of sp³-hybridized carbons (Fsp3) is 0.500. The molecule has 4 rings (SSSR count). The molecule has 50 heavy (non-hydrogen) atoms. The summed E-state index contributed by atoms with van der Waals surface area (Å²) in [7, 11) is -4.13. The van der Waals surface area contributed by atoms with Crippen LogP contribution in [0.4, 0.5) is 4.79 Å². The molecule has 0 bridgehead atoms. The highest BCUT2D eigenvalue weighted by Crippen LogP contribution is 2.36. The van der Waals surface area contributed by atoms with Crippen LogP contribution in [-0.2, 0) is 16.6 Å². The van der Waals surface area contributed by atoms with E-state index in [-0.39, 0.29) is 53.2 Å². The van der Waals surface area contributed by atoms with Crippen molar-refractivity contribution in [1.82, 2.24) is 19.4 Å². The van der Waals surface area contributed by atoms with Crippen LogP contribution in [-0.4, -0.2) is 97.1 Å². The van der Waals surface area contributed by atoms with Crippen molar-refractivity contribution in [2.75, 3.05) is 45.9 Å². The van der Waals surface area contributed by atoms with Gasteiger partial charge in [0.25, 0.3) is 0 Å². The first-order valence-corrected chi connectivity index (χ1v) is 19.3. The van der Waals surface area contributed by atoms with Crippen molar-refractivity contribution in [3.05, 3.63) is 80.8 Å². The molecule has 1 fully saturated rings. The highest BCUT2D eigenvalue weighted by atomic mass is 35.5. The molecule has 1 aliphatic heterocycles. The number of β-amino-alcohol motifs (C(OH)–C–C–N with tert-alkyl or cyclic N) is 1. The Hall–Kier alpha value is -2.64. The Kier molecular flexibility index (Phi) is 13.5. The van der Waals surface area contributed by atoms with E-state index in [1.54, 1.807) is 42.7 Å². The number of halogens is 3. The molecule has 1 atom stereocenters. The second kappa shape index (κ2) is 16.8. The van der Waals surface area contributed by atoms with E-state index in [0.717, 1.165) is 5.56 Å². The van der Waals surface area contributed by atoms with Crippen LogP contribution in [0.5, 0.6) is 5.75 Å². The summed E-state index contributed by atoms with van der Waals surface area (Å²) in [6, 6.07) is 9.81. The van der Waals surface area contributed by atoms with Crippen LogP contribution in [0.15, 0.2) is 69.5 Å².